The van der Waals surface area contributed by atoms with Gasteiger partial charge in [0, 0.05) is 13.0 Å². The van der Waals surface area contributed by atoms with Crippen molar-refractivity contribution in [3.63, 3.8) is 0 Å². The second-order valence-electron chi connectivity index (χ2n) is 3.94. The molecule has 0 aromatic heterocycles. The van der Waals surface area contributed by atoms with Crippen molar-refractivity contribution in [1.82, 2.24) is 10.6 Å². The Hall–Kier alpha value is -1.42. The SMILES string of the molecule is CCNCCC(=O)NC(C)c1ccc(F)cc1. The maximum Gasteiger partial charge on any atom is 0.221 e. The van der Waals surface area contributed by atoms with E-state index >= 15 is 0 Å². The molecular formula is C13H19FN2O. The van der Waals surface area contributed by atoms with Crippen LogP contribution in [-0.4, -0.2) is 19.0 Å². The average Bonchev–Trinajstić information content (AvgIpc) is 2.30. The zero-order chi connectivity index (χ0) is 12.7. The van der Waals surface area contributed by atoms with Gasteiger partial charge in [0.1, 0.15) is 5.82 Å². The predicted octanol–water partition coefficient (Wildman–Crippen LogP) is 2.00. The highest BCUT2D eigenvalue weighted by Crippen LogP contribution is 2.12. The Kier molecular flexibility index (Phi) is 5.63. The molecule has 0 fully saturated rings. The van der Waals surface area contributed by atoms with Gasteiger partial charge < -0.3 is 10.6 Å². The fraction of sp³-hybridized carbons (Fsp3) is 0.462. The predicted molar refractivity (Wildman–Crippen MR) is 66.1 cm³/mol. The number of benzene rings is 1. The standard InChI is InChI=1S/C13H19FN2O/c1-3-15-9-8-13(17)16-10(2)11-4-6-12(14)7-5-11/h4-7,10,15H,3,8-9H2,1-2H3,(H,16,17). The van der Waals surface area contributed by atoms with E-state index in [-0.39, 0.29) is 17.8 Å². The summed E-state index contributed by atoms with van der Waals surface area (Å²) in [4.78, 5) is 11.5. The molecule has 1 rings (SSSR count). The van der Waals surface area contributed by atoms with E-state index < -0.39 is 0 Å². The van der Waals surface area contributed by atoms with Gasteiger partial charge in [-0.3, -0.25) is 4.79 Å². The number of rotatable bonds is 6. The number of hydrogen-bond acceptors (Lipinski definition) is 2. The summed E-state index contributed by atoms with van der Waals surface area (Å²) in [5.74, 6) is -0.262. The van der Waals surface area contributed by atoms with Crippen LogP contribution in [0, 0.1) is 5.82 Å². The number of nitrogens with one attached hydrogen (secondary N) is 2. The third-order valence-electron chi connectivity index (χ3n) is 2.53. The number of carbonyl (C=O) groups excluding carboxylic acids is 1. The molecule has 0 aliphatic heterocycles. The van der Waals surface area contributed by atoms with E-state index in [2.05, 4.69) is 10.6 Å². The molecule has 0 spiro atoms. The number of amides is 1. The van der Waals surface area contributed by atoms with E-state index in [4.69, 9.17) is 0 Å². The highest BCUT2D eigenvalue weighted by Gasteiger charge is 2.08. The van der Waals surface area contributed by atoms with Crippen LogP contribution in [0.1, 0.15) is 31.9 Å². The Labute approximate surface area is 101 Å². The third-order valence-corrected chi connectivity index (χ3v) is 2.53. The molecule has 2 N–H and O–H groups in total. The molecular weight excluding hydrogens is 219 g/mol. The first-order valence-corrected chi connectivity index (χ1v) is 5.89. The van der Waals surface area contributed by atoms with Crippen LogP contribution in [0.4, 0.5) is 4.39 Å². The topological polar surface area (TPSA) is 41.1 Å². The Balaban J connectivity index is 2.40. The van der Waals surface area contributed by atoms with E-state index in [9.17, 15) is 9.18 Å². The molecule has 4 heteroatoms. The average molecular weight is 238 g/mol. The van der Waals surface area contributed by atoms with Crippen LogP contribution in [0.25, 0.3) is 0 Å². The first-order valence-electron chi connectivity index (χ1n) is 5.89. The number of halogens is 1. The Morgan fingerprint density at radius 3 is 2.59 bits per heavy atom. The second-order valence-corrected chi connectivity index (χ2v) is 3.94. The van der Waals surface area contributed by atoms with E-state index in [0.29, 0.717) is 13.0 Å². The summed E-state index contributed by atoms with van der Waals surface area (Å²) < 4.78 is 12.7. The van der Waals surface area contributed by atoms with Crippen molar-refractivity contribution in [1.29, 1.82) is 0 Å². The third kappa shape index (κ3) is 4.95. The van der Waals surface area contributed by atoms with Crippen molar-refractivity contribution in [2.75, 3.05) is 13.1 Å². The van der Waals surface area contributed by atoms with Crippen molar-refractivity contribution in [2.45, 2.75) is 26.3 Å². The first kappa shape index (κ1) is 13.6. The van der Waals surface area contributed by atoms with Crippen LogP contribution in [0.5, 0.6) is 0 Å². The van der Waals surface area contributed by atoms with Crippen LogP contribution in [0.3, 0.4) is 0 Å². The fourth-order valence-electron chi connectivity index (χ4n) is 1.53. The van der Waals surface area contributed by atoms with Gasteiger partial charge in [-0.25, -0.2) is 4.39 Å². The molecule has 0 aliphatic carbocycles. The lowest BCUT2D eigenvalue weighted by molar-refractivity contribution is -0.121. The van der Waals surface area contributed by atoms with Gasteiger partial charge in [-0.2, -0.15) is 0 Å². The highest BCUT2D eigenvalue weighted by atomic mass is 19.1. The summed E-state index contributed by atoms with van der Waals surface area (Å²) >= 11 is 0. The van der Waals surface area contributed by atoms with Crippen LogP contribution < -0.4 is 10.6 Å². The molecule has 0 aliphatic rings. The van der Waals surface area contributed by atoms with Crippen molar-refractivity contribution in [2.24, 2.45) is 0 Å². The molecule has 0 saturated heterocycles. The molecule has 0 heterocycles. The maximum absolute atomic E-state index is 12.7. The van der Waals surface area contributed by atoms with Gasteiger partial charge in [-0.15, -0.1) is 0 Å². The summed E-state index contributed by atoms with van der Waals surface area (Å²) in [6.07, 6.45) is 0.458. The summed E-state index contributed by atoms with van der Waals surface area (Å²) in [5.41, 5.74) is 0.906. The molecule has 0 bridgehead atoms. The van der Waals surface area contributed by atoms with Crippen molar-refractivity contribution >= 4 is 5.91 Å². The normalized spacial score (nSPS) is 12.2. The van der Waals surface area contributed by atoms with E-state index in [1.807, 2.05) is 13.8 Å². The van der Waals surface area contributed by atoms with Gasteiger partial charge in [0.2, 0.25) is 5.91 Å². The minimum atomic E-state index is -0.264. The minimum absolute atomic E-state index is 0.00257. The van der Waals surface area contributed by atoms with E-state index in [1.54, 1.807) is 12.1 Å². The lowest BCUT2D eigenvalue weighted by Gasteiger charge is -2.14. The monoisotopic (exact) mass is 238 g/mol. The number of carbonyl (C=O) groups is 1. The highest BCUT2D eigenvalue weighted by molar-refractivity contribution is 5.76. The maximum atomic E-state index is 12.7. The minimum Gasteiger partial charge on any atom is -0.350 e. The molecule has 1 atom stereocenters. The Morgan fingerprint density at radius 1 is 1.35 bits per heavy atom. The lowest BCUT2D eigenvalue weighted by atomic mass is 10.1. The summed E-state index contributed by atoms with van der Waals surface area (Å²) in [6.45, 7) is 5.43. The molecule has 1 unspecified atom stereocenters. The van der Waals surface area contributed by atoms with Gasteiger partial charge in [-0.05, 0) is 31.2 Å². The molecule has 1 aromatic rings. The quantitative estimate of drug-likeness (QED) is 0.744. The van der Waals surface area contributed by atoms with Crippen molar-refractivity contribution in [3.8, 4) is 0 Å². The molecule has 1 amide bonds. The Bertz CT molecular complexity index is 351. The zero-order valence-corrected chi connectivity index (χ0v) is 10.3. The van der Waals surface area contributed by atoms with Gasteiger partial charge >= 0.3 is 0 Å². The Morgan fingerprint density at radius 2 is 2.00 bits per heavy atom. The number of hydrogen-bond donors (Lipinski definition) is 2. The smallest absolute Gasteiger partial charge is 0.221 e. The van der Waals surface area contributed by atoms with Crippen LogP contribution in [-0.2, 0) is 4.79 Å². The second kappa shape index (κ2) is 7.01. The van der Waals surface area contributed by atoms with Crippen LogP contribution in [0.15, 0.2) is 24.3 Å². The molecule has 17 heavy (non-hydrogen) atoms. The van der Waals surface area contributed by atoms with Crippen LogP contribution in [0.2, 0.25) is 0 Å². The van der Waals surface area contributed by atoms with Gasteiger partial charge in [0.25, 0.3) is 0 Å². The van der Waals surface area contributed by atoms with Gasteiger partial charge in [-0.1, -0.05) is 19.1 Å². The molecule has 0 saturated carbocycles. The summed E-state index contributed by atoms with van der Waals surface area (Å²) in [6, 6.07) is 6.08. The molecule has 3 nitrogen and oxygen atoms in total. The molecule has 94 valence electrons. The molecule has 0 radical (unpaired) electrons. The van der Waals surface area contributed by atoms with E-state index in [1.165, 1.54) is 12.1 Å². The van der Waals surface area contributed by atoms with Gasteiger partial charge in [0.15, 0.2) is 0 Å². The largest absolute Gasteiger partial charge is 0.350 e. The lowest BCUT2D eigenvalue weighted by Crippen LogP contribution is -2.29. The summed E-state index contributed by atoms with van der Waals surface area (Å²) in [7, 11) is 0. The van der Waals surface area contributed by atoms with Gasteiger partial charge in [0.05, 0.1) is 6.04 Å². The van der Waals surface area contributed by atoms with Crippen molar-refractivity contribution < 1.29 is 9.18 Å². The first-order chi connectivity index (χ1) is 8.13. The van der Waals surface area contributed by atoms with Crippen molar-refractivity contribution in [3.05, 3.63) is 35.6 Å². The zero-order valence-electron chi connectivity index (χ0n) is 10.3. The fourth-order valence-corrected chi connectivity index (χ4v) is 1.53. The van der Waals surface area contributed by atoms with E-state index in [0.717, 1.165) is 12.1 Å². The van der Waals surface area contributed by atoms with Crippen LogP contribution >= 0.6 is 0 Å². The molecule has 1 aromatic carbocycles. The summed E-state index contributed by atoms with van der Waals surface area (Å²) in [5, 5.41) is 5.96.